The van der Waals surface area contributed by atoms with Crippen LogP contribution in [0.1, 0.15) is 47.8 Å². The van der Waals surface area contributed by atoms with Gasteiger partial charge in [-0.3, -0.25) is 0 Å². The fraction of sp³-hybridized carbons (Fsp3) is 0.214. The predicted octanol–water partition coefficient (Wildman–Crippen LogP) is 5.69. The van der Waals surface area contributed by atoms with Gasteiger partial charge >= 0.3 is 11.9 Å². The maximum absolute atomic E-state index is 12.5. The molecule has 0 amide bonds. The summed E-state index contributed by atoms with van der Waals surface area (Å²) in [4.78, 5) is 24.1. The van der Waals surface area contributed by atoms with E-state index < -0.39 is 18.0 Å². The zero-order chi connectivity index (χ0) is 22.9. The van der Waals surface area contributed by atoms with Crippen LogP contribution >= 0.6 is 0 Å². The monoisotopic (exact) mass is 426 g/mol. The summed E-state index contributed by atoms with van der Waals surface area (Å²) in [5.74, 6) is -0.949. The third kappa shape index (κ3) is 3.73. The molecule has 4 heteroatoms. The van der Waals surface area contributed by atoms with Crippen molar-refractivity contribution in [2.24, 2.45) is 0 Å². The van der Waals surface area contributed by atoms with E-state index in [4.69, 9.17) is 9.47 Å². The third-order valence-corrected chi connectivity index (χ3v) is 6.03. The highest BCUT2D eigenvalue weighted by molar-refractivity contribution is 5.90. The average Bonchev–Trinajstić information content (AvgIpc) is 3.07. The first kappa shape index (κ1) is 21.6. The molecule has 0 N–H and O–H groups in total. The molecule has 0 bridgehead atoms. The average molecular weight is 427 g/mol. The zero-order valence-electron chi connectivity index (χ0n) is 18.6. The Labute approximate surface area is 188 Å². The first-order valence-corrected chi connectivity index (χ1v) is 10.7. The topological polar surface area (TPSA) is 52.6 Å². The Morgan fingerprint density at radius 1 is 0.906 bits per heavy atom. The van der Waals surface area contributed by atoms with E-state index in [0.717, 1.165) is 5.56 Å². The Morgan fingerprint density at radius 2 is 1.44 bits per heavy atom. The summed E-state index contributed by atoms with van der Waals surface area (Å²) < 4.78 is 10.5. The fourth-order valence-corrected chi connectivity index (χ4v) is 4.30. The summed E-state index contributed by atoms with van der Waals surface area (Å²) >= 11 is 0. The zero-order valence-corrected chi connectivity index (χ0v) is 18.6. The van der Waals surface area contributed by atoms with Crippen LogP contribution in [0.5, 0.6) is 0 Å². The summed E-state index contributed by atoms with van der Waals surface area (Å²) in [7, 11) is 0. The van der Waals surface area contributed by atoms with Crippen molar-refractivity contribution in [3.05, 3.63) is 107 Å². The molecule has 0 heterocycles. The molecule has 1 unspecified atom stereocenters. The lowest BCUT2D eigenvalue weighted by atomic mass is 9.74. The van der Waals surface area contributed by atoms with Gasteiger partial charge in [0, 0.05) is 11.0 Å². The van der Waals surface area contributed by atoms with Gasteiger partial charge in [-0.2, -0.15) is 0 Å². The van der Waals surface area contributed by atoms with Crippen LogP contribution in [0.25, 0.3) is 11.1 Å². The molecule has 4 nitrogen and oxygen atoms in total. The van der Waals surface area contributed by atoms with E-state index in [9.17, 15) is 9.59 Å². The van der Waals surface area contributed by atoms with Crippen molar-refractivity contribution >= 4 is 11.9 Å². The normalized spacial score (nSPS) is 14.1. The van der Waals surface area contributed by atoms with Crippen LogP contribution in [0, 0.1) is 0 Å². The second-order valence-electron chi connectivity index (χ2n) is 8.39. The van der Waals surface area contributed by atoms with Crippen molar-refractivity contribution in [2.45, 2.75) is 32.3 Å². The van der Waals surface area contributed by atoms with Gasteiger partial charge in [-0.25, -0.2) is 9.59 Å². The molecule has 0 radical (unpaired) electrons. The standard InChI is InChI=1S/C28H26O4/c1-18(2)26(29)32-19(3)17-31-27(30)20-13-15-21(16-14-20)28(4)24-11-7-5-9-22(24)23-10-6-8-12-25(23)28/h5-16,19H,1,17H2,2-4H3. The highest BCUT2D eigenvalue weighted by atomic mass is 16.6. The van der Waals surface area contributed by atoms with E-state index in [1.807, 2.05) is 12.1 Å². The molecule has 4 rings (SSSR count). The number of fused-ring (bicyclic) bond motifs is 3. The molecule has 0 aliphatic heterocycles. The van der Waals surface area contributed by atoms with Crippen LogP contribution in [0.3, 0.4) is 0 Å². The number of carbonyl (C=O) groups excluding carboxylic acids is 2. The maximum Gasteiger partial charge on any atom is 0.338 e. The van der Waals surface area contributed by atoms with Gasteiger partial charge in [0.05, 0.1) is 5.56 Å². The molecule has 1 aliphatic carbocycles. The minimum atomic E-state index is -0.548. The summed E-state index contributed by atoms with van der Waals surface area (Å²) in [6.07, 6.45) is -0.548. The van der Waals surface area contributed by atoms with Gasteiger partial charge in [0.2, 0.25) is 0 Å². The third-order valence-electron chi connectivity index (χ3n) is 6.03. The Hall–Kier alpha value is -3.66. The van der Waals surface area contributed by atoms with E-state index in [1.165, 1.54) is 22.3 Å². The van der Waals surface area contributed by atoms with Crippen LogP contribution in [0.2, 0.25) is 0 Å². The fourth-order valence-electron chi connectivity index (χ4n) is 4.30. The molecular weight excluding hydrogens is 400 g/mol. The molecule has 0 aromatic heterocycles. The summed E-state index contributed by atoms with van der Waals surface area (Å²) in [5, 5.41) is 0. The van der Waals surface area contributed by atoms with Gasteiger partial charge in [-0.1, -0.05) is 67.2 Å². The van der Waals surface area contributed by atoms with Crippen molar-refractivity contribution in [3.8, 4) is 11.1 Å². The lowest BCUT2D eigenvalue weighted by molar-refractivity contribution is -0.145. The minimum absolute atomic E-state index is 0.0158. The highest BCUT2D eigenvalue weighted by Gasteiger charge is 2.40. The molecule has 0 spiro atoms. The number of hydrogen-bond donors (Lipinski definition) is 0. The number of esters is 2. The predicted molar refractivity (Wildman–Crippen MR) is 125 cm³/mol. The number of carbonyl (C=O) groups is 2. The molecule has 0 saturated heterocycles. The van der Waals surface area contributed by atoms with Gasteiger partial charge < -0.3 is 9.47 Å². The molecule has 3 aromatic carbocycles. The van der Waals surface area contributed by atoms with Crippen LogP contribution < -0.4 is 0 Å². The Morgan fingerprint density at radius 3 is 1.97 bits per heavy atom. The molecule has 0 saturated carbocycles. The van der Waals surface area contributed by atoms with Gasteiger partial charge in [0.15, 0.2) is 0 Å². The second-order valence-corrected chi connectivity index (χ2v) is 8.39. The highest BCUT2D eigenvalue weighted by Crippen LogP contribution is 2.51. The molecule has 1 aliphatic rings. The first-order chi connectivity index (χ1) is 15.3. The minimum Gasteiger partial charge on any atom is -0.458 e. The van der Waals surface area contributed by atoms with Crippen molar-refractivity contribution in [1.29, 1.82) is 0 Å². The molecule has 0 fully saturated rings. The van der Waals surface area contributed by atoms with Gasteiger partial charge in [-0.15, -0.1) is 0 Å². The largest absolute Gasteiger partial charge is 0.458 e. The van der Waals surface area contributed by atoms with Crippen molar-refractivity contribution in [2.75, 3.05) is 6.61 Å². The Kier molecular flexibility index (Phi) is 5.70. The van der Waals surface area contributed by atoms with Crippen LogP contribution in [-0.4, -0.2) is 24.6 Å². The molecular formula is C28H26O4. The Bertz CT molecular complexity index is 1140. The molecule has 162 valence electrons. The van der Waals surface area contributed by atoms with Crippen molar-refractivity contribution in [1.82, 2.24) is 0 Å². The van der Waals surface area contributed by atoms with Gasteiger partial charge in [0.1, 0.15) is 12.7 Å². The van der Waals surface area contributed by atoms with E-state index in [0.29, 0.717) is 11.1 Å². The summed E-state index contributed by atoms with van der Waals surface area (Å²) in [6.45, 7) is 9.00. The SMILES string of the molecule is C=C(C)C(=O)OC(C)COC(=O)c1ccc(C2(C)c3ccccc3-c3ccccc32)cc1. The number of hydrogen-bond acceptors (Lipinski definition) is 4. The number of rotatable bonds is 6. The molecule has 3 aromatic rings. The van der Waals surface area contributed by atoms with Crippen LogP contribution in [0.15, 0.2) is 84.9 Å². The van der Waals surface area contributed by atoms with Crippen LogP contribution in [-0.2, 0) is 19.7 Å². The number of benzene rings is 3. The van der Waals surface area contributed by atoms with Crippen LogP contribution in [0.4, 0.5) is 0 Å². The van der Waals surface area contributed by atoms with Gasteiger partial charge in [0.25, 0.3) is 0 Å². The maximum atomic E-state index is 12.5. The second kappa shape index (κ2) is 8.46. The smallest absolute Gasteiger partial charge is 0.338 e. The van der Waals surface area contributed by atoms with E-state index in [-0.39, 0.29) is 12.0 Å². The van der Waals surface area contributed by atoms with Crippen molar-refractivity contribution < 1.29 is 19.1 Å². The van der Waals surface area contributed by atoms with E-state index in [2.05, 4.69) is 62.0 Å². The summed E-state index contributed by atoms with van der Waals surface area (Å²) in [6, 6.07) is 24.5. The Balaban J connectivity index is 1.54. The number of ether oxygens (including phenoxy) is 2. The van der Waals surface area contributed by atoms with Gasteiger partial charge in [-0.05, 0) is 60.7 Å². The first-order valence-electron chi connectivity index (χ1n) is 10.7. The molecule has 32 heavy (non-hydrogen) atoms. The quantitative estimate of drug-likeness (QED) is 0.376. The van der Waals surface area contributed by atoms with E-state index in [1.54, 1.807) is 26.0 Å². The molecule has 1 atom stereocenters. The van der Waals surface area contributed by atoms with E-state index >= 15 is 0 Å². The lowest BCUT2D eigenvalue weighted by Gasteiger charge is -2.28. The lowest BCUT2D eigenvalue weighted by Crippen LogP contribution is -2.23. The summed E-state index contributed by atoms with van der Waals surface area (Å²) in [5.41, 5.74) is 6.56. The van der Waals surface area contributed by atoms with Crippen molar-refractivity contribution in [3.63, 3.8) is 0 Å².